The number of hydrogen-bond acceptors (Lipinski definition) is 4. The zero-order chi connectivity index (χ0) is 22.9. The molecule has 3 aromatic rings. The van der Waals surface area contributed by atoms with Gasteiger partial charge in [-0.25, -0.2) is 9.37 Å². The summed E-state index contributed by atoms with van der Waals surface area (Å²) >= 11 is 0. The van der Waals surface area contributed by atoms with Crippen LogP contribution >= 0.6 is 0 Å². The summed E-state index contributed by atoms with van der Waals surface area (Å²) in [6, 6.07) is 8.28. The van der Waals surface area contributed by atoms with Crippen LogP contribution in [-0.2, 0) is 19.3 Å². The highest BCUT2D eigenvalue weighted by molar-refractivity contribution is 6.11. The van der Waals surface area contributed by atoms with Gasteiger partial charge in [0, 0.05) is 5.56 Å². The number of para-hydroxylation sites is 1. The van der Waals surface area contributed by atoms with E-state index in [9.17, 15) is 27.5 Å². The molecule has 1 N–H and O–H groups in total. The van der Waals surface area contributed by atoms with Gasteiger partial charge in [0.2, 0.25) is 0 Å². The summed E-state index contributed by atoms with van der Waals surface area (Å²) in [7, 11) is 3.43. The van der Waals surface area contributed by atoms with E-state index in [0.29, 0.717) is 5.69 Å². The Kier molecular flexibility index (Phi) is 6.28. The summed E-state index contributed by atoms with van der Waals surface area (Å²) in [5.41, 5.74) is -1.80. The summed E-state index contributed by atoms with van der Waals surface area (Å²) in [5, 5.41) is 9.89. The quantitative estimate of drug-likeness (QED) is 0.468. The molecule has 0 aliphatic carbocycles. The molecule has 1 aromatic heterocycles. The summed E-state index contributed by atoms with van der Waals surface area (Å²) in [6.07, 6.45) is -4.80. The first-order valence-electron chi connectivity index (χ1n) is 9.38. The van der Waals surface area contributed by atoms with Gasteiger partial charge in [0.25, 0.3) is 0 Å². The molecule has 0 amide bonds. The lowest BCUT2D eigenvalue weighted by Gasteiger charge is -2.21. The third-order valence-corrected chi connectivity index (χ3v) is 4.78. The van der Waals surface area contributed by atoms with Gasteiger partial charge in [0.1, 0.15) is 11.6 Å². The van der Waals surface area contributed by atoms with Crippen LogP contribution in [0.15, 0.2) is 42.5 Å². The summed E-state index contributed by atoms with van der Waals surface area (Å²) in [5.74, 6) is -1.52. The van der Waals surface area contributed by atoms with Crippen molar-refractivity contribution in [3.63, 3.8) is 0 Å². The van der Waals surface area contributed by atoms with Crippen LogP contribution in [0.1, 0.15) is 38.7 Å². The molecule has 31 heavy (non-hydrogen) atoms. The third kappa shape index (κ3) is 4.38. The van der Waals surface area contributed by atoms with Gasteiger partial charge in [0.05, 0.1) is 41.4 Å². The van der Waals surface area contributed by atoms with Crippen molar-refractivity contribution >= 4 is 5.78 Å². The number of nitrogens with zero attached hydrogens (tertiary/aromatic N) is 3. The first kappa shape index (κ1) is 22.6. The van der Waals surface area contributed by atoms with Gasteiger partial charge in [-0.3, -0.25) is 9.36 Å². The van der Waals surface area contributed by atoms with Crippen molar-refractivity contribution < 1.29 is 27.5 Å². The van der Waals surface area contributed by atoms with Crippen molar-refractivity contribution in [2.45, 2.75) is 26.3 Å². The van der Waals surface area contributed by atoms with Crippen LogP contribution < -0.4 is 0 Å². The van der Waals surface area contributed by atoms with Crippen molar-refractivity contribution in [1.29, 1.82) is 0 Å². The SMILES string of the molecule is Cc1nc(CN(C)C)n(-c2c(C(=O)c3ccccc3F)cccc2C(F)(F)F)c1CO. The molecule has 0 atom stereocenters. The van der Waals surface area contributed by atoms with Crippen LogP contribution in [0.5, 0.6) is 0 Å². The Balaban J connectivity index is 2.40. The van der Waals surface area contributed by atoms with Gasteiger partial charge < -0.3 is 10.0 Å². The number of imidazole rings is 1. The van der Waals surface area contributed by atoms with Gasteiger partial charge in [-0.05, 0) is 45.3 Å². The molecule has 0 spiro atoms. The molecule has 0 aliphatic rings. The molecule has 0 saturated carbocycles. The van der Waals surface area contributed by atoms with Gasteiger partial charge in [-0.1, -0.05) is 18.2 Å². The van der Waals surface area contributed by atoms with Gasteiger partial charge in [-0.2, -0.15) is 13.2 Å². The maximum Gasteiger partial charge on any atom is 0.418 e. The molecule has 0 aliphatic heterocycles. The van der Waals surface area contributed by atoms with Crippen molar-refractivity contribution in [3.8, 4) is 5.69 Å². The fourth-order valence-electron chi connectivity index (χ4n) is 3.45. The minimum Gasteiger partial charge on any atom is -0.390 e. The van der Waals surface area contributed by atoms with E-state index in [-0.39, 0.29) is 29.2 Å². The van der Waals surface area contributed by atoms with E-state index in [1.54, 1.807) is 25.9 Å². The van der Waals surface area contributed by atoms with E-state index in [0.717, 1.165) is 22.8 Å². The molecular formula is C22H21F4N3O2. The number of aliphatic hydroxyl groups excluding tert-OH is 1. The minimum atomic E-state index is -4.80. The molecule has 0 radical (unpaired) electrons. The number of aryl methyl sites for hydroxylation is 1. The second kappa shape index (κ2) is 8.60. The monoisotopic (exact) mass is 435 g/mol. The highest BCUT2D eigenvalue weighted by atomic mass is 19.4. The molecule has 0 saturated heterocycles. The fraction of sp³-hybridized carbons (Fsp3) is 0.273. The van der Waals surface area contributed by atoms with Crippen molar-refractivity contribution in [2.24, 2.45) is 0 Å². The molecule has 2 aromatic carbocycles. The average molecular weight is 435 g/mol. The molecular weight excluding hydrogens is 414 g/mol. The van der Waals surface area contributed by atoms with Crippen LogP contribution in [-0.4, -0.2) is 39.4 Å². The average Bonchev–Trinajstić information content (AvgIpc) is 3.00. The number of rotatable bonds is 6. The predicted molar refractivity (Wildman–Crippen MR) is 106 cm³/mol. The number of halogens is 4. The number of carbonyl (C=O) groups excluding carboxylic acids is 1. The maximum atomic E-state index is 14.3. The number of aromatic nitrogens is 2. The lowest BCUT2D eigenvalue weighted by atomic mass is 9.97. The highest BCUT2D eigenvalue weighted by Crippen LogP contribution is 2.38. The minimum absolute atomic E-state index is 0.121. The van der Waals surface area contributed by atoms with E-state index < -0.39 is 35.6 Å². The number of hydrogen-bond donors (Lipinski definition) is 1. The van der Waals surface area contributed by atoms with Crippen molar-refractivity contribution in [1.82, 2.24) is 14.5 Å². The Hall–Kier alpha value is -3.04. The van der Waals surface area contributed by atoms with Crippen LogP contribution in [0.3, 0.4) is 0 Å². The third-order valence-electron chi connectivity index (χ3n) is 4.78. The van der Waals surface area contributed by atoms with Gasteiger partial charge >= 0.3 is 6.18 Å². The van der Waals surface area contributed by atoms with Crippen molar-refractivity contribution in [2.75, 3.05) is 14.1 Å². The fourth-order valence-corrected chi connectivity index (χ4v) is 3.45. The number of benzene rings is 2. The Morgan fingerprint density at radius 2 is 1.74 bits per heavy atom. The maximum absolute atomic E-state index is 14.3. The lowest BCUT2D eigenvalue weighted by Crippen LogP contribution is -2.21. The number of alkyl halides is 3. The van der Waals surface area contributed by atoms with Crippen LogP contribution in [0.4, 0.5) is 17.6 Å². The topological polar surface area (TPSA) is 58.4 Å². The Morgan fingerprint density at radius 1 is 1.10 bits per heavy atom. The first-order chi connectivity index (χ1) is 14.6. The molecule has 1 heterocycles. The second-order valence-corrected chi connectivity index (χ2v) is 7.30. The normalized spacial score (nSPS) is 11.9. The number of aliphatic hydroxyl groups is 1. The summed E-state index contributed by atoms with van der Waals surface area (Å²) in [6.45, 7) is 1.13. The largest absolute Gasteiger partial charge is 0.418 e. The highest BCUT2D eigenvalue weighted by Gasteiger charge is 2.37. The van der Waals surface area contributed by atoms with Gasteiger partial charge in [0.15, 0.2) is 5.78 Å². The smallest absolute Gasteiger partial charge is 0.390 e. The predicted octanol–water partition coefficient (Wildman–Crippen LogP) is 4.12. The molecule has 164 valence electrons. The van der Waals surface area contributed by atoms with E-state index in [1.807, 2.05) is 0 Å². The Bertz CT molecular complexity index is 1120. The summed E-state index contributed by atoms with van der Waals surface area (Å²) in [4.78, 5) is 19.2. The standard InChI is InChI=1S/C22H21F4N3O2/c1-13-18(12-30)29(19(27-13)11-28(2)3)20-15(8-6-9-16(20)22(24,25)26)21(31)14-7-4-5-10-17(14)23/h4-10,30H,11-12H2,1-3H3. The molecule has 9 heteroatoms. The number of carbonyl (C=O) groups is 1. The Labute approximate surface area is 176 Å². The van der Waals surface area contributed by atoms with Crippen LogP contribution in [0, 0.1) is 12.7 Å². The van der Waals surface area contributed by atoms with Crippen LogP contribution in [0.2, 0.25) is 0 Å². The zero-order valence-corrected chi connectivity index (χ0v) is 17.2. The van der Waals surface area contributed by atoms with Crippen LogP contribution in [0.25, 0.3) is 5.69 Å². The van der Waals surface area contributed by atoms with Gasteiger partial charge in [-0.15, -0.1) is 0 Å². The molecule has 0 fully saturated rings. The summed E-state index contributed by atoms with van der Waals surface area (Å²) < 4.78 is 57.5. The van der Waals surface area contributed by atoms with E-state index in [2.05, 4.69) is 4.98 Å². The molecule has 5 nitrogen and oxygen atoms in total. The Morgan fingerprint density at radius 3 is 2.32 bits per heavy atom. The molecule has 0 bridgehead atoms. The first-order valence-corrected chi connectivity index (χ1v) is 9.38. The van der Waals surface area contributed by atoms with E-state index in [1.165, 1.54) is 24.3 Å². The second-order valence-electron chi connectivity index (χ2n) is 7.30. The zero-order valence-electron chi connectivity index (χ0n) is 17.2. The van der Waals surface area contributed by atoms with E-state index in [4.69, 9.17) is 0 Å². The van der Waals surface area contributed by atoms with Crippen molar-refractivity contribution in [3.05, 3.63) is 82.2 Å². The number of ketones is 1. The molecule has 0 unspecified atom stereocenters. The lowest BCUT2D eigenvalue weighted by molar-refractivity contribution is -0.137. The van der Waals surface area contributed by atoms with E-state index >= 15 is 0 Å². The molecule has 3 rings (SSSR count).